The molecule has 1 heterocycles. The molecule has 0 spiro atoms. The van der Waals surface area contributed by atoms with Crippen LogP contribution in [0.5, 0.6) is 0 Å². The first-order chi connectivity index (χ1) is 11.3. The molecule has 0 aliphatic heterocycles. The molecule has 3 aromatic rings. The first-order valence-corrected chi connectivity index (χ1v) is 6.92. The molecule has 0 N–H and O–H groups in total. The molecule has 0 saturated heterocycles. The number of nitrogens with zero attached hydrogens (tertiary/aromatic N) is 6. The van der Waals surface area contributed by atoms with E-state index in [2.05, 4.69) is 22.2 Å². The van der Waals surface area contributed by atoms with Gasteiger partial charge >= 0.3 is 0 Å². The number of benzene rings is 2. The Morgan fingerprint density at radius 2 is 1.52 bits per heavy atom. The fourth-order valence-electron chi connectivity index (χ4n) is 2.17. The van der Waals surface area contributed by atoms with Crippen molar-refractivity contribution >= 4 is 5.69 Å². The molecule has 6 nitrogen and oxygen atoms in total. The van der Waals surface area contributed by atoms with Crippen molar-refractivity contribution in [2.45, 2.75) is 6.54 Å². The summed E-state index contributed by atoms with van der Waals surface area (Å²) in [6, 6.07) is 18.9. The highest BCUT2D eigenvalue weighted by molar-refractivity contribution is 5.49. The van der Waals surface area contributed by atoms with Gasteiger partial charge in [0.05, 0.1) is 35.5 Å². The summed E-state index contributed by atoms with van der Waals surface area (Å²) in [6.45, 7) is 0.557. The Labute approximate surface area is 133 Å². The van der Waals surface area contributed by atoms with Gasteiger partial charge in [0, 0.05) is 0 Å². The molecule has 110 valence electrons. The molecule has 0 aliphatic rings. The van der Waals surface area contributed by atoms with Crippen LogP contribution in [-0.4, -0.2) is 14.9 Å². The van der Waals surface area contributed by atoms with Gasteiger partial charge in [0.2, 0.25) is 0 Å². The van der Waals surface area contributed by atoms with E-state index in [0.29, 0.717) is 17.7 Å². The van der Waals surface area contributed by atoms with Crippen molar-refractivity contribution in [2.24, 2.45) is 0 Å². The van der Waals surface area contributed by atoms with Gasteiger partial charge in [-0.25, -0.2) is 4.98 Å². The zero-order valence-electron chi connectivity index (χ0n) is 12.2. The lowest BCUT2D eigenvalue weighted by Crippen LogP contribution is -2.29. The van der Waals surface area contributed by atoms with Crippen LogP contribution in [0.4, 0.5) is 5.69 Å². The van der Waals surface area contributed by atoms with Crippen molar-refractivity contribution < 1.29 is 0 Å². The first-order valence-electron chi connectivity index (χ1n) is 6.92. The van der Waals surface area contributed by atoms with Crippen molar-refractivity contribution in [2.75, 3.05) is 5.01 Å². The van der Waals surface area contributed by atoms with E-state index in [-0.39, 0.29) is 0 Å². The van der Waals surface area contributed by atoms with E-state index in [9.17, 15) is 0 Å². The molecule has 0 fully saturated rings. The monoisotopic (exact) mass is 300 g/mol. The Morgan fingerprint density at radius 1 is 0.913 bits per heavy atom. The Morgan fingerprint density at radius 3 is 2.04 bits per heavy atom. The third-order valence-corrected chi connectivity index (χ3v) is 3.36. The number of anilines is 1. The van der Waals surface area contributed by atoms with Crippen molar-refractivity contribution in [1.82, 2.24) is 14.9 Å². The quantitative estimate of drug-likeness (QED) is 0.739. The predicted octanol–water partition coefficient (Wildman–Crippen LogP) is 2.49. The van der Waals surface area contributed by atoms with Crippen molar-refractivity contribution in [3.63, 3.8) is 0 Å². The number of nitriles is 2. The maximum Gasteiger partial charge on any atom is 0.139 e. The summed E-state index contributed by atoms with van der Waals surface area (Å²) in [5, 5.41) is 23.9. The second-order valence-electron chi connectivity index (χ2n) is 4.84. The highest BCUT2D eigenvalue weighted by Gasteiger charge is 2.10. The first kappa shape index (κ1) is 14.3. The van der Waals surface area contributed by atoms with Gasteiger partial charge in [-0.2, -0.15) is 15.3 Å². The summed E-state index contributed by atoms with van der Waals surface area (Å²) in [6.07, 6.45) is 3.08. The molecule has 2 aromatic carbocycles. The van der Waals surface area contributed by atoms with Gasteiger partial charge in [-0.1, -0.05) is 12.1 Å². The van der Waals surface area contributed by atoms with Crippen LogP contribution in [0.25, 0.3) is 0 Å². The number of hydrogen-bond acceptors (Lipinski definition) is 5. The second kappa shape index (κ2) is 6.42. The highest BCUT2D eigenvalue weighted by atomic mass is 15.7. The smallest absolute Gasteiger partial charge is 0.139 e. The minimum absolute atomic E-state index is 0.557. The second-order valence-corrected chi connectivity index (χ2v) is 4.84. The van der Waals surface area contributed by atoms with Gasteiger partial charge < -0.3 is 0 Å². The zero-order chi connectivity index (χ0) is 16.1. The van der Waals surface area contributed by atoms with Crippen molar-refractivity contribution in [1.29, 1.82) is 10.5 Å². The van der Waals surface area contributed by atoms with Gasteiger partial charge in [0.25, 0.3) is 0 Å². The van der Waals surface area contributed by atoms with E-state index in [0.717, 1.165) is 11.3 Å². The fourth-order valence-corrected chi connectivity index (χ4v) is 2.17. The van der Waals surface area contributed by atoms with Crippen LogP contribution >= 0.6 is 0 Å². The van der Waals surface area contributed by atoms with Gasteiger partial charge in [-0.3, -0.25) is 5.01 Å². The average Bonchev–Trinajstić information content (AvgIpc) is 3.15. The number of aromatic nitrogens is 3. The third kappa shape index (κ3) is 3.17. The molecule has 0 amide bonds. The van der Waals surface area contributed by atoms with Crippen LogP contribution in [0.2, 0.25) is 0 Å². The molecular weight excluding hydrogens is 288 g/mol. The number of hydrogen-bond donors (Lipinski definition) is 0. The summed E-state index contributed by atoms with van der Waals surface area (Å²) in [4.78, 5) is 5.62. The lowest BCUT2D eigenvalue weighted by atomic mass is 10.1. The van der Waals surface area contributed by atoms with Crippen LogP contribution in [0.1, 0.15) is 16.7 Å². The number of rotatable bonds is 4. The maximum absolute atomic E-state index is 8.92. The van der Waals surface area contributed by atoms with E-state index in [1.807, 2.05) is 29.3 Å². The Balaban J connectivity index is 1.92. The van der Waals surface area contributed by atoms with Crippen molar-refractivity contribution in [3.05, 3.63) is 77.9 Å². The molecule has 0 atom stereocenters. The molecule has 0 saturated carbocycles. The Hall–Kier alpha value is -3.64. The normalized spacial score (nSPS) is 9.83. The molecule has 3 rings (SSSR count). The maximum atomic E-state index is 8.92. The molecular formula is C17H12N6. The van der Waals surface area contributed by atoms with E-state index >= 15 is 0 Å². The Kier molecular flexibility index (Phi) is 3.99. The zero-order valence-corrected chi connectivity index (χ0v) is 12.2. The van der Waals surface area contributed by atoms with E-state index in [4.69, 9.17) is 10.5 Å². The van der Waals surface area contributed by atoms with Gasteiger partial charge in [0.15, 0.2) is 0 Å². The highest BCUT2D eigenvalue weighted by Crippen LogP contribution is 2.18. The summed E-state index contributed by atoms with van der Waals surface area (Å²) >= 11 is 0. The minimum Gasteiger partial charge on any atom is -0.260 e. The SMILES string of the molecule is N#Cc1ccc(CN(c2ccc(C#N)cc2)n2cncn2)cc1. The van der Waals surface area contributed by atoms with E-state index < -0.39 is 0 Å². The van der Waals surface area contributed by atoms with Crippen LogP contribution in [0, 0.1) is 22.7 Å². The minimum atomic E-state index is 0.557. The fraction of sp³-hybridized carbons (Fsp3) is 0.0588. The summed E-state index contributed by atoms with van der Waals surface area (Å²) < 4.78 is 0. The molecule has 0 radical (unpaired) electrons. The van der Waals surface area contributed by atoms with Gasteiger partial charge in [-0.05, 0) is 42.0 Å². The lowest BCUT2D eigenvalue weighted by molar-refractivity contribution is 0.610. The largest absolute Gasteiger partial charge is 0.260 e. The summed E-state index contributed by atoms with van der Waals surface area (Å²) in [5.74, 6) is 0. The van der Waals surface area contributed by atoms with Crippen LogP contribution in [0.3, 0.4) is 0 Å². The lowest BCUT2D eigenvalue weighted by Gasteiger charge is -2.24. The van der Waals surface area contributed by atoms with Gasteiger partial charge in [-0.15, -0.1) is 5.10 Å². The van der Waals surface area contributed by atoms with E-state index in [1.165, 1.54) is 6.33 Å². The Bertz CT molecular complexity index is 851. The molecule has 0 aliphatic carbocycles. The predicted molar refractivity (Wildman–Crippen MR) is 83.9 cm³/mol. The molecule has 23 heavy (non-hydrogen) atoms. The van der Waals surface area contributed by atoms with Crippen LogP contribution in [-0.2, 0) is 6.54 Å². The molecule has 0 unspecified atom stereocenters. The van der Waals surface area contributed by atoms with Crippen molar-refractivity contribution in [3.8, 4) is 12.1 Å². The summed E-state index contributed by atoms with van der Waals surface area (Å²) in [7, 11) is 0. The van der Waals surface area contributed by atoms with Crippen LogP contribution in [0.15, 0.2) is 61.2 Å². The molecule has 6 heteroatoms. The van der Waals surface area contributed by atoms with Crippen LogP contribution < -0.4 is 5.01 Å². The standard InChI is InChI=1S/C17H12N6/c18-9-14-1-3-16(4-2-14)11-22(23-13-20-12-21-23)17-7-5-15(10-19)6-8-17/h1-8,12-13H,11H2. The topological polar surface area (TPSA) is 81.5 Å². The third-order valence-electron chi connectivity index (χ3n) is 3.36. The molecule has 0 bridgehead atoms. The molecule has 1 aromatic heterocycles. The van der Waals surface area contributed by atoms with E-state index in [1.54, 1.807) is 35.4 Å². The van der Waals surface area contributed by atoms with Gasteiger partial charge in [0.1, 0.15) is 12.7 Å². The summed E-state index contributed by atoms with van der Waals surface area (Å²) in [5.41, 5.74) is 3.15. The average molecular weight is 300 g/mol.